The van der Waals surface area contributed by atoms with E-state index < -0.39 is 12.1 Å². The summed E-state index contributed by atoms with van der Waals surface area (Å²) in [7, 11) is 0. The fraction of sp³-hybridized carbons (Fsp3) is 0.526. The number of halogens is 3. The fourth-order valence-electron chi connectivity index (χ4n) is 3.93. The molecule has 2 fully saturated rings. The molecule has 1 atom stereocenters. The van der Waals surface area contributed by atoms with E-state index >= 15 is 0 Å². The molecule has 1 spiro atoms. The van der Waals surface area contributed by atoms with Gasteiger partial charge in [-0.15, -0.1) is 0 Å². The second-order valence-corrected chi connectivity index (χ2v) is 7.65. The maximum Gasteiger partial charge on any atom is 0.471 e. The zero-order valence-electron chi connectivity index (χ0n) is 15.4. The molecule has 150 valence electrons. The van der Waals surface area contributed by atoms with Crippen LogP contribution < -0.4 is 5.32 Å². The van der Waals surface area contributed by atoms with E-state index in [4.69, 9.17) is 0 Å². The topological polar surface area (TPSA) is 71.3 Å². The zero-order valence-corrected chi connectivity index (χ0v) is 15.4. The fourth-order valence-corrected chi connectivity index (χ4v) is 3.93. The molecule has 1 saturated heterocycles. The van der Waals surface area contributed by atoms with E-state index in [0.29, 0.717) is 16.7 Å². The number of aromatic nitrogens is 2. The zero-order chi connectivity index (χ0) is 19.9. The van der Waals surface area contributed by atoms with Crippen LogP contribution in [0.2, 0.25) is 0 Å². The summed E-state index contributed by atoms with van der Waals surface area (Å²) in [5.74, 6) is -1.78. The lowest BCUT2D eigenvalue weighted by Crippen LogP contribution is -2.65. The molecule has 1 aromatic carbocycles. The van der Waals surface area contributed by atoms with Gasteiger partial charge in [-0.05, 0) is 44.7 Å². The first-order chi connectivity index (χ1) is 13.3. The molecule has 6 nitrogen and oxygen atoms in total. The highest BCUT2D eigenvalue weighted by Crippen LogP contribution is 2.46. The van der Waals surface area contributed by atoms with Gasteiger partial charge < -0.3 is 9.84 Å². The quantitative estimate of drug-likeness (QED) is 0.841. The molecular formula is C19H21F3N4O2. The van der Waals surface area contributed by atoms with Crippen LogP contribution in [-0.2, 0) is 6.18 Å². The van der Waals surface area contributed by atoms with Crippen LogP contribution in [0, 0.1) is 0 Å². The van der Waals surface area contributed by atoms with Crippen LogP contribution in [0.15, 0.2) is 28.8 Å². The number of benzene rings is 1. The first-order valence-corrected chi connectivity index (χ1v) is 9.34. The highest BCUT2D eigenvalue weighted by Gasteiger charge is 2.48. The molecule has 0 radical (unpaired) electrons. The second kappa shape index (κ2) is 6.88. The molecule has 0 bridgehead atoms. The Hall–Kier alpha value is -2.42. The van der Waals surface area contributed by atoms with Crippen LogP contribution in [-0.4, -0.2) is 45.6 Å². The number of hydrogen-bond donors (Lipinski definition) is 1. The Balaban J connectivity index is 1.35. The van der Waals surface area contributed by atoms with Gasteiger partial charge >= 0.3 is 12.1 Å². The van der Waals surface area contributed by atoms with E-state index in [9.17, 15) is 18.0 Å². The van der Waals surface area contributed by atoms with E-state index in [-0.39, 0.29) is 17.8 Å². The number of hydrogen-bond acceptors (Lipinski definition) is 5. The Morgan fingerprint density at radius 1 is 1.29 bits per heavy atom. The minimum absolute atomic E-state index is 0.0107. The summed E-state index contributed by atoms with van der Waals surface area (Å²) in [5, 5.41) is 6.32. The molecule has 1 unspecified atom stereocenters. The van der Waals surface area contributed by atoms with Crippen LogP contribution in [0.4, 0.5) is 13.2 Å². The monoisotopic (exact) mass is 394 g/mol. The van der Waals surface area contributed by atoms with Crippen molar-refractivity contribution >= 4 is 5.91 Å². The van der Waals surface area contributed by atoms with Crippen LogP contribution in [0.1, 0.15) is 48.9 Å². The van der Waals surface area contributed by atoms with E-state index in [1.165, 1.54) is 49.9 Å². The average Bonchev–Trinajstić information content (AvgIpc) is 3.08. The van der Waals surface area contributed by atoms with Gasteiger partial charge in [0.05, 0.1) is 0 Å². The first kappa shape index (κ1) is 18.9. The van der Waals surface area contributed by atoms with Gasteiger partial charge in [0.25, 0.3) is 5.91 Å². The van der Waals surface area contributed by atoms with E-state index in [1.807, 2.05) is 6.92 Å². The van der Waals surface area contributed by atoms with E-state index in [1.54, 1.807) is 0 Å². The van der Waals surface area contributed by atoms with Gasteiger partial charge in [-0.2, -0.15) is 18.2 Å². The molecule has 1 saturated carbocycles. The van der Waals surface area contributed by atoms with Crippen molar-refractivity contribution in [2.45, 2.75) is 50.4 Å². The van der Waals surface area contributed by atoms with Crippen molar-refractivity contribution in [1.29, 1.82) is 0 Å². The summed E-state index contributed by atoms with van der Waals surface area (Å²) in [5.41, 5.74) is 1.16. The molecular weight excluding hydrogens is 373 g/mol. The SMILES string of the molecule is CC(CN1CCC12CCC2)NC(=O)c1ccc(-c2noc(C(F)(F)F)n2)cc1. The highest BCUT2D eigenvalue weighted by atomic mass is 19.4. The van der Waals surface area contributed by atoms with E-state index in [0.717, 1.165) is 13.1 Å². The van der Waals surface area contributed by atoms with Gasteiger partial charge in [0.2, 0.25) is 5.82 Å². The number of carbonyl (C=O) groups is 1. The van der Waals surface area contributed by atoms with Crippen molar-refractivity contribution in [2.24, 2.45) is 0 Å². The van der Waals surface area contributed by atoms with Crippen LogP contribution in [0.5, 0.6) is 0 Å². The summed E-state index contributed by atoms with van der Waals surface area (Å²) in [6, 6.07) is 6.10. The molecule has 1 aliphatic carbocycles. The number of likely N-dealkylation sites (tertiary alicyclic amines) is 1. The molecule has 4 rings (SSSR count). The lowest BCUT2D eigenvalue weighted by Gasteiger charge is -2.59. The molecule has 1 amide bonds. The van der Waals surface area contributed by atoms with Crippen LogP contribution in [0.25, 0.3) is 11.4 Å². The minimum Gasteiger partial charge on any atom is -0.348 e. The molecule has 2 aliphatic rings. The van der Waals surface area contributed by atoms with Crippen molar-refractivity contribution < 1.29 is 22.5 Å². The lowest BCUT2D eigenvalue weighted by atomic mass is 9.68. The average molecular weight is 394 g/mol. The van der Waals surface area contributed by atoms with Crippen LogP contribution in [0.3, 0.4) is 0 Å². The van der Waals surface area contributed by atoms with Crippen LogP contribution >= 0.6 is 0 Å². The molecule has 1 aliphatic heterocycles. The predicted molar refractivity (Wildman–Crippen MR) is 94.4 cm³/mol. The van der Waals surface area contributed by atoms with Gasteiger partial charge in [-0.25, -0.2) is 0 Å². The van der Waals surface area contributed by atoms with Gasteiger partial charge in [0.1, 0.15) is 0 Å². The second-order valence-electron chi connectivity index (χ2n) is 7.65. The van der Waals surface area contributed by atoms with Gasteiger partial charge in [0, 0.05) is 35.8 Å². The van der Waals surface area contributed by atoms with Crippen molar-refractivity contribution in [1.82, 2.24) is 20.4 Å². The first-order valence-electron chi connectivity index (χ1n) is 9.34. The number of nitrogens with zero attached hydrogens (tertiary/aromatic N) is 3. The van der Waals surface area contributed by atoms with Crippen molar-refractivity contribution in [3.05, 3.63) is 35.7 Å². The minimum atomic E-state index is -4.68. The summed E-state index contributed by atoms with van der Waals surface area (Å²) in [6.07, 6.45) is 0.355. The summed E-state index contributed by atoms with van der Waals surface area (Å²) in [4.78, 5) is 18.2. The maximum absolute atomic E-state index is 12.6. The smallest absolute Gasteiger partial charge is 0.348 e. The van der Waals surface area contributed by atoms with E-state index in [2.05, 4.69) is 24.9 Å². The van der Waals surface area contributed by atoms with Gasteiger partial charge in [0.15, 0.2) is 0 Å². The van der Waals surface area contributed by atoms with Gasteiger partial charge in [-0.1, -0.05) is 17.3 Å². The van der Waals surface area contributed by atoms with Crippen molar-refractivity contribution in [3.8, 4) is 11.4 Å². The number of nitrogens with one attached hydrogen (secondary N) is 1. The third kappa shape index (κ3) is 3.50. The summed E-state index contributed by atoms with van der Waals surface area (Å²) >= 11 is 0. The predicted octanol–water partition coefficient (Wildman–Crippen LogP) is 3.50. The number of rotatable bonds is 5. The molecule has 1 aromatic heterocycles. The highest BCUT2D eigenvalue weighted by molar-refractivity contribution is 5.94. The third-order valence-corrected chi connectivity index (χ3v) is 5.75. The summed E-state index contributed by atoms with van der Waals surface area (Å²) in [6.45, 7) is 3.89. The Morgan fingerprint density at radius 3 is 2.50 bits per heavy atom. The molecule has 2 heterocycles. The lowest BCUT2D eigenvalue weighted by molar-refractivity contribution is -0.159. The summed E-state index contributed by atoms with van der Waals surface area (Å²) < 4.78 is 41.9. The molecule has 1 N–H and O–H groups in total. The number of amides is 1. The Labute approximate surface area is 160 Å². The van der Waals surface area contributed by atoms with Crippen molar-refractivity contribution in [2.75, 3.05) is 13.1 Å². The van der Waals surface area contributed by atoms with Crippen molar-refractivity contribution in [3.63, 3.8) is 0 Å². The number of alkyl halides is 3. The standard InChI is InChI=1S/C19H21F3N4O2/c1-12(11-26-10-9-18(26)7-2-8-18)23-16(27)14-5-3-13(4-6-14)15-24-17(28-25-15)19(20,21)22/h3-6,12H,2,7-11H2,1H3,(H,23,27). The largest absolute Gasteiger partial charge is 0.471 e. The Bertz CT molecular complexity index is 853. The third-order valence-electron chi connectivity index (χ3n) is 5.75. The Morgan fingerprint density at radius 2 is 2.00 bits per heavy atom. The molecule has 28 heavy (non-hydrogen) atoms. The molecule has 9 heteroatoms. The normalized spacial score (nSPS) is 19.7. The number of carbonyl (C=O) groups excluding carboxylic acids is 1. The van der Waals surface area contributed by atoms with Gasteiger partial charge in [-0.3, -0.25) is 9.69 Å². The molecule has 2 aromatic rings. The maximum atomic E-state index is 12.6. The Kier molecular flexibility index (Phi) is 4.65.